The monoisotopic (exact) mass is 202 g/mol. The van der Waals surface area contributed by atoms with E-state index in [2.05, 4.69) is 0 Å². The molecule has 6 heteroatoms. The van der Waals surface area contributed by atoms with Gasteiger partial charge in [-0.05, 0) is 6.42 Å². The van der Waals surface area contributed by atoms with Crippen LogP contribution in [0.3, 0.4) is 0 Å². The molecular weight excluding hydrogens is 185 g/mol. The molecular formula is C8H17BNO4. The fourth-order valence-corrected chi connectivity index (χ4v) is 1.45. The summed E-state index contributed by atoms with van der Waals surface area (Å²) in [6.07, 6.45) is -0.479. The summed E-state index contributed by atoms with van der Waals surface area (Å²) in [6.45, 7) is 2.39. The first-order valence-corrected chi connectivity index (χ1v) is 4.86. The Kier molecular flexibility index (Phi) is 4.84. The molecule has 1 rings (SSSR count). The molecule has 5 nitrogen and oxygen atoms in total. The predicted molar refractivity (Wildman–Crippen MR) is 51.1 cm³/mol. The third-order valence-corrected chi connectivity index (χ3v) is 2.43. The Morgan fingerprint density at radius 3 is 2.71 bits per heavy atom. The Balaban J connectivity index is 2.20. The topological polar surface area (TPSA) is 73.2 Å². The summed E-state index contributed by atoms with van der Waals surface area (Å²) in [6, 6.07) is 0. The fourth-order valence-electron chi connectivity index (χ4n) is 1.45. The van der Waals surface area contributed by atoms with Gasteiger partial charge in [-0.3, -0.25) is 0 Å². The summed E-state index contributed by atoms with van der Waals surface area (Å²) in [7, 11) is 1.56. The largest absolute Gasteiger partial charge is 0.390 e. The SMILES string of the molecule is C[B]N(O)CCC1CC(O)C(O)CO1. The molecule has 1 aliphatic heterocycles. The molecule has 3 N–H and O–H groups in total. The molecule has 0 aliphatic carbocycles. The molecule has 1 heterocycles. The van der Waals surface area contributed by atoms with Crippen LogP contribution in [0, 0.1) is 0 Å². The molecule has 1 aliphatic rings. The van der Waals surface area contributed by atoms with E-state index in [1.165, 1.54) is 0 Å². The van der Waals surface area contributed by atoms with Gasteiger partial charge in [0.2, 0.25) is 7.41 Å². The molecule has 1 saturated heterocycles. The van der Waals surface area contributed by atoms with Crippen molar-refractivity contribution in [3.63, 3.8) is 0 Å². The van der Waals surface area contributed by atoms with Crippen LogP contribution < -0.4 is 0 Å². The second-order valence-electron chi connectivity index (χ2n) is 3.54. The van der Waals surface area contributed by atoms with Gasteiger partial charge in [-0.2, -0.15) is 0 Å². The lowest BCUT2D eigenvalue weighted by Gasteiger charge is -2.31. The number of nitrogens with zero attached hydrogens (tertiary/aromatic N) is 1. The lowest BCUT2D eigenvalue weighted by molar-refractivity contribution is -0.127. The summed E-state index contributed by atoms with van der Waals surface area (Å²) < 4.78 is 5.29. The molecule has 0 aromatic carbocycles. The Morgan fingerprint density at radius 2 is 2.14 bits per heavy atom. The predicted octanol–water partition coefficient (Wildman–Crippen LogP) is -0.754. The van der Waals surface area contributed by atoms with Gasteiger partial charge in [0, 0.05) is 13.0 Å². The van der Waals surface area contributed by atoms with E-state index in [1.807, 2.05) is 0 Å². The van der Waals surface area contributed by atoms with Crippen molar-refractivity contribution in [2.75, 3.05) is 13.2 Å². The van der Waals surface area contributed by atoms with Crippen molar-refractivity contribution >= 4 is 7.41 Å². The van der Waals surface area contributed by atoms with Gasteiger partial charge in [-0.15, -0.1) is 0 Å². The zero-order chi connectivity index (χ0) is 10.6. The molecule has 0 spiro atoms. The van der Waals surface area contributed by atoms with Gasteiger partial charge in [0.25, 0.3) is 0 Å². The van der Waals surface area contributed by atoms with Crippen molar-refractivity contribution in [2.24, 2.45) is 0 Å². The minimum atomic E-state index is -0.769. The van der Waals surface area contributed by atoms with E-state index >= 15 is 0 Å². The molecule has 1 fully saturated rings. The highest BCUT2D eigenvalue weighted by atomic mass is 16.5. The molecule has 81 valence electrons. The van der Waals surface area contributed by atoms with Gasteiger partial charge < -0.3 is 20.2 Å². The lowest BCUT2D eigenvalue weighted by atomic mass is 9.97. The number of aliphatic hydroxyl groups is 2. The maximum absolute atomic E-state index is 9.36. The lowest BCUT2D eigenvalue weighted by Crippen LogP contribution is -2.42. The standard InChI is InChI=1S/C8H17BNO4/c1-9-10(13)3-2-6-4-7(11)8(12)5-14-6/h6-8,11-13H,2-5H2,1H3. The number of rotatable bonds is 4. The van der Waals surface area contributed by atoms with E-state index in [9.17, 15) is 10.2 Å². The first kappa shape index (κ1) is 11.9. The Morgan fingerprint density at radius 1 is 1.43 bits per heavy atom. The van der Waals surface area contributed by atoms with Crippen molar-refractivity contribution in [1.82, 2.24) is 4.97 Å². The van der Waals surface area contributed by atoms with Crippen molar-refractivity contribution in [3.05, 3.63) is 0 Å². The average Bonchev–Trinajstić information content (AvgIpc) is 2.19. The second-order valence-corrected chi connectivity index (χ2v) is 3.54. The summed E-state index contributed by atoms with van der Waals surface area (Å²) >= 11 is 0. The summed E-state index contributed by atoms with van der Waals surface area (Å²) in [4.78, 5) is 1.08. The minimum absolute atomic E-state index is 0.0806. The van der Waals surface area contributed by atoms with E-state index in [4.69, 9.17) is 9.94 Å². The molecule has 0 aromatic rings. The van der Waals surface area contributed by atoms with Crippen LogP contribution in [0.2, 0.25) is 6.82 Å². The molecule has 0 amide bonds. The van der Waals surface area contributed by atoms with E-state index in [0.717, 1.165) is 4.97 Å². The van der Waals surface area contributed by atoms with E-state index in [0.29, 0.717) is 19.4 Å². The zero-order valence-electron chi connectivity index (χ0n) is 8.33. The number of aliphatic hydroxyl groups excluding tert-OH is 2. The van der Waals surface area contributed by atoms with Gasteiger partial charge in [0.1, 0.15) is 6.10 Å². The first-order chi connectivity index (χ1) is 6.63. The Hall–Kier alpha value is -0.135. The molecule has 3 atom stereocenters. The zero-order valence-corrected chi connectivity index (χ0v) is 8.33. The van der Waals surface area contributed by atoms with Crippen molar-refractivity contribution in [1.29, 1.82) is 0 Å². The van der Waals surface area contributed by atoms with Crippen LogP contribution in [0.1, 0.15) is 12.8 Å². The van der Waals surface area contributed by atoms with Crippen molar-refractivity contribution in [2.45, 2.75) is 38.0 Å². The normalized spacial score (nSPS) is 33.4. The highest BCUT2D eigenvalue weighted by Gasteiger charge is 2.27. The van der Waals surface area contributed by atoms with E-state index in [1.54, 1.807) is 14.2 Å². The van der Waals surface area contributed by atoms with Crippen LogP contribution in [0.15, 0.2) is 0 Å². The van der Waals surface area contributed by atoms with Gasteiger partial charge in [-0.1, -0.05) is 6.82 Å². The quantitative estimate of drug-likeness (QED) is 0.413. The molecule has 0 bridgehead atoms. The van der Waals surface area contributed by atoms with Gasteiger partial charge in [0.05, 0.1) is 18.8 Å². The number of ether oxygens (including phenoxy) is 1. The number of hydrogen-bond donors (Lipinski definition) is 3. The summed E-state index contributed by atoms with van der Waals surface area (Å²) in [5.74, 6) is 0. The summed E-state index contributed by atoms with van der Waals surface area (Å²) in [5.41, 5.74) is 0. The molecule has 3 unspecified atom stereocenters. The van der Waals surface area contributed by atoms with Crippen molar-refractivity contribution < 1.29 is 20.2 Å². The van der Waals surface area contributed by atoms with E-state index < -0.39 is 12.2 Å². The average molecular weight is 202 g/mol. The van der Waals surface area contributed by atoms with Crippen LogP contribution in [0.4, 0.5) is 0 Å². The molecule has 0 saturated carbocycles. The van der Waals surface area contributed by atoms with Gasteiger partial charge in [0.15, 0.2) is 0 Å². The third-order valence-electron chi connectivity index (χ3n) is 2.43. The van der Waals surface area contributed by atoms with Gasteiger partial charge >= 0.3 is 0 Å². The van der Waals surface area contributed by atoms with Crippen LogP contribution in [0.25, 0.3) is 0 Å². The van der Waals surface area contributed by atoms with E-state index in [-0.39, 0.29) is 12.7 Å². The van der Waals surface area contributed by atoms with Crippen LogP contribution in [-0.2, 0) is 4.74 Å². The van der Waals surface area contributed by atoms with Crippen molar-refractivity contribution in [3.8, 4) is 0 Å². The van der Waals surface area contributed by atoms with Crippen LogP contribution in [-0.4, -0.2) is 59.3 Å². The minimum Gasteiger partial charge on any atom is -0.390 e. The third kappa shape index (κ3) is 3.55. The van der Waals surface area contributed by atoms with Gasteiger partial charge in [-0.25, -0.2) is 4.97 Å². The Bertz CT molecular complexity index is 171. The van der Waals surface area contributed by atoms with Crippen LogP contribution in [0.5, 0.6) is 0 Å². The fraction of sp³-hybridized carbons (Fsp3) is 1.00. The molecule has 14 heavy (non-hydrogen) atoms. The second kappa shape index (κ2) is 5.67. The highest BCUT2D eigenvalue weighted by Crippen LogP contribution is 2.16. The smallest absolute Gasteiger partial charge is 0.242 e. The number of hydroxylamine groups is 1. The van der Waals surface area contributed by atoms with Crippen LogP contribution >= 0.6 is 0 Å². The highest BCUT2D eigenvalue weighted by molar-refractivity contribution is 6.29. The summed E-state index contributed by atoms with van der Waals surface area (Å²) in [5, 5.41) is 27.7. The maximum Gasteiger partial charge on any atom is 0.242 e. The Labute approximate surface area is 84.5 Å². The molecule has 1 radical (unpaired) electrons. The molecule has 0 aromatic heterocycles. The maximum atomic E-state index is 9.36. The number of hydrogen-bond acceptors (Lipinski definition) is 5. The first-order valence-electron chi connectivity index (χ1n) is 4.86.